The van der Waals surface area contributed by atoms with Crippen molar-refractivity contribution in [2.45, 2.75) is 38.2 Å². The zero-order chi connectivity index (χ0) is 21.2. The second-order valence-corrected chi connectivity index (χ2v) is 9.82. The molecule has 2 aromatic carbocycles. The van der Waals surface area contributed by atoms with E-state index in [9.17, 15) is 13.2 Å². The molecule has 29 heavy (non-hydrogen) atoms. The number of fused-ring (bicyclic) bond motifs is 1. The molecule has 0 spiro atoms. The normalized spacial score (nSPS) is 16.1. The van der Waals surface area contributed by atoms with Crippen molar-refractivity contribution in [2.75, 3.05) is 32.8 Å². The number of rotatable bonds is 4. The highest BCUT2D eigenvalue weighted by molar-refractivity contribution is 7.89. The van der Waals surface area contributed by atoms with Gasteiger partial charge in [-0.3, -0.25) is 0 Å². The minimum atomic E-state index is -3.71. The van der Waals surface area contributed by atoms with Crippen molar-refractivity contribution in [3.05, 3.63) is 36.4 Å². The third kappa shape index (κ3) is 4.64. The number of hydrogen-bond donors (Lipinski definition) is 0. The van der Waals surface area contributed by atoms with Gasteiger partial charge in [0.25, 0.3) is 0 Å². The van der Waals surface area contributed by atoms with Crippen LogP contribution in [0.15, 0.2) is 41.3 Å². The summed E-state index contributed by atoms with van der Waals surface area (Å²) in [6, 6.07) is 10.6. The summed E-state index contributed by atoms with van der Waals surface area (Å²) in [4.78, 5) is 14.0. The lowest BCUT2D eigenvalue weighted by Crippen LogP contribution is -2.51. The molecule has 0 aromatic heterocycles. The fourth-order valence-corrected chi connectivity index (χ4v) is 4.94. The van der Waals surface area contributed by atoms with Gasteiger partial charge in [-0.25, -0.2) is 13.2 Å². The molecule has 7 nitrogen and oxygen atoms in total. The van der Waals surface area contributed by atoms with Crippen LogP contribution in [-0.4, -0.2) is 62.1 Å². The van der Waals surface area contributed by atoms with E-state index in [1.54, 1.807) is 23.1 Å². The van der Waals surface area contributed by atoms with Gasteiger partial charge in [0, 0.05) is 37.0 Å². The summed E-state index contributed by atoms with van der Waals surface area (Å²) in [6.07, 6.45) is -0.416. The molecule has 1 fully saturated rings. The quantitative estimate of drug-likeness (QED) is 0.757. The van der Waals surface area contributed by atoms with Crippen molar-refractivity contribution >= 4 is 26.9 Å². The first kappa shape index (κ1) is 21.4. The summed E-state index contributed by atoms with van der Waals surface area (Å²) in [5.41, 5.74) is -0.582. The molecule has 8 heteroatoms. The monoisotopic (exact) mass is 420 g/mol. The number of carbonyl (C=O) groups is 1. The molecule has 0 unspecified atom stereocenters. The van der Waals surface area contributed by atoms with Crippen molar-refractivity contribution in [1.82, 2.24) is 9.21 Å². The van der Waals surface area contributed by atoms with Gasteiger partial charge in [-0.1, -0.05) is 24.3 Å². The summed E-state index contributed by atoms with van der Waals surface area (Å²) in [7, 11) is -3.71. The first-order valence-corrected chi connectivity index (χ1v) is 11.2. The van der Waals surface area contributed by atoms with Gasteiger partial charge in [0.05, 0.1) is 11.5 Å². The Labute approximate surface area is 172 Å². The molecule has 0 N–H and O–H groups in total. The molecular formula is C21H28N2O5S. The number of sulfonamides is 1. The Bertz CT molecular complexity index is 990. The van der Waals surface area contributed by atoms with Gasteiger partial charge < -0.3 is 14.4 Å². The molecule has 0 aliphatic carbocycles. The van der Waals surface area contributed by atoms with E-state index in [4.69, 9.17) is 9.47 Å². The number of carbonyl (C=O) groups excluding carboxylic acids is 1. The molecule has 1 heterocycles. The van der Waals surface area contributed by atoms with Crippen LogP contribution in [0.5, 0.6) is 5.75 Å². The van der Waals surface area contributed by atoms with Crippen molar-refractivity contribution in [2.24, 2.45) is 0 Å². The van der Waals surface area contributed by atoms with Gasteiger partial charge >= 0.3 is 6.09 Å². The lowest BCUT2D eigenvalue weighted by atomic mass is 10.1. The average molecular weight is 421 g/mol. The highest BCUT2D eigenvalue weighted by Gasteiger charge is 2.33. The predicted molar refractivity (Wildman–Crippen MR) is 112 cm³/mol. The standard InChI is InChI=1S/C21H28N2O5S/c1-5-27-18-10-11-19(17-9-7-6-8-16(17)18)29(25,26)23-14-12-22(13-15-23)20(24)28-21(2,3)4/h6-11H,5,12-15H2,1-4H3. The van der Waals surface area contributed by atoms with E-state index >= 15 is 0 Å². The van der Waals surface area contributed by atoms with Crippen LogP contribution in [0.4, 0.5) is 4.79 Å². The Morgan fingerprint density at radius 3 is 2.21 bits per heavy atom. The fraction of sp³-hybridized carbons (Fsp3) is 0.476. The zero-order valence-electron chi connectivity index (χ0n) is 17.3. The Kier molecular flexibility index (Phi) is 6.05. The average Bonchev–Trinajstić information content (AvgIpc) is 2.67. The van der Waals surface area contributed by atoms with E-state index in [-0.39, 0.29) is 18.0 Å². The third-order valence-corrected chi connectivity index (χ3v) is 6.61. The van der Waals surface area contributed by atoms with Gasteiger partial charge in [0.2, 0.25) is 10.0 Å². The minimum absolute atomic E-state index is 0.225. The maximum absolute atomic E-state index is 13.3. The molecule has 0 bridgehead atoms. The van der Waals surface area contributed by atoms with Gasteiger partial charge in [-0.05, 0) is 39.8 Å². The number of piperazine rings is 1. The predicted octanol–water partition coefficient (Wildman–Crippen LogP) is 3.48. The number of amides is 1. The van der Waals surface area contributed by atoms with E-state index in [1.165, 1.54) is 4.31 Å². The number of hydrogen-bond acceptors (Lipinski definition) is 5. The number of nitrogens with zero attached hydrogens (tertiary/aromatic N) is 2. The Hall–Kier alpha value is -2.32. The molecule has 0 radical (unpaired) electrons. The van der Waals surface area contributed by atoms with Crippen LogP contribution in [0, 0.1) is 0 Å². The van der Waals surface area contributed by atoms with Crippen LogP contribution in [0.3, 0.4) is 0 Å². The number of ether oxygens (including phenoxy) is 2. The van der Waals surface area contributed by atoms with Crippen LogP contribution < -0.4 is 4.74 Å². The molecule has 2 aromatic rings. The fourth-order valence-electron chi connectivity index (χ4n) is 3.33. The summed E-state index contributed by atoms with van der Waals surface area (Å²) < 4.78 is 39.1. The first-order valence-electron chi connectivity index (χ1n) is 9.76. The second kappa shape index (κ2) is 8.20. The molecule has 1 amide bonds. The Morgan fingerprint density at radius 1 is 1.00 bits per heavy atom. The maximum atomic E-state index is 13.3. The summed E-state index contributed by atoms with van der Waals surface area (Å²) in [6.45, 7) is 8.86. The zero-order valence-corrected chi connectivity index (χ0v) is 18.2. The maximum Gasteiger partial charge on any atom is 0.410 e. The molecule has 158 valence electrons. The summed E-state index contributed by atoms with van der Waals surface area (Å²) >= 11 is 0. The number of benzene rings is 2. The van der Waals surface area contributed by atoms with Crippen molar-refractivity contribution in [3.8, 4) is 5.75 Å². The van der Waals surface area contributed by atoms with E-state index in [1.807, 2.05) is 45.9 Å². The molecule has 1 saturated heterocycles. The Morgan fingerprint density at radius 2 is 1.62 bits per heavy atom. The van der Waals surface area contributed by atoms with E-state index in [2.05, 4.69) is 0 Å². The van der Waals surface area contributed by atoms with Crippen LogP contribution in [-0.2, 0) is 14.8 Å². The molecule has 1 aliphatic rings. The van der Waals surface area contributed by atoms with Crippen LogP contribution in [0.25, 0.3) is 10.8 Å². The molecular weight excluding hydrogens is 392 g/mol. The highest BCUT2D eigenvalue weighted by Crippen LogP contribution is 2.33. The summed E-state index contributed by atoms with van der Waals surface area (Å²) in [5, 5.41) is 1.40. The second-order valence-electron chi connectivity index (χ2n) is 7.91. The van der Waals surface area contributed by atoms with Gasteiger partial charge in [-0.2, -0.15) is 4.31 Å². The van der Waals surface area contributed by atoms with Gasteiger partial charge in [0.15, 0.2) is 0 Å². The van der Waals surface area contributed by atoms with E-state index in [0.717, 1.165) is 5.39 Å². The van der Waals surface area contributed by atoms with Crippen molar-refractivity contribution in [1.29, 1.82) is 0 Å². The van der Waals surface area contributed by atoms with E-state index in [0.29, 0.717) is 30.8 Å². The summed E-state index contributed by atoms with van der Waals surface area (Å²) in [5.74, 6) is 0.664. The van der Waals surface area contributed by atoms with E-state index < -0.39 is 21.7 Å². The smallest absolute Gasteiger partial charge is 0.410 e. The van der Waals surface area contributed by atoms with Crippen LogP contribution >= 0.6 is 0 Å². The van der Waals surface area contributed by atoms with Crippen LogP contribution in [0.2, 0.25) is 0 Å². The van der Waals surface area contributed by atoms with Crippen molar-refractivity contribution in [3.63, 3.8) is 0 Å². The highest BCUT2D eigenvalue weighted by atomic mass is 32.2. The topological polar surface area (TPSA) is 76.2 Å². The lowest BCUT2D eigenvalue weighted by Gasteiger charge is -2.35. The molecule has 3 rings (SSSR count). The molecule has 1 aliphatic heterocycles. The Balaban J connectivity index is 1.82. The molecule has 0 saturated carbocycles. The third-order valence-electron chi connectivity index (χ3n) is 4.65. The minimum Gasteiger partial charge on any atom is -0.493 e. The largest absolute Gasteiger partial charge is 0.493 e. The first-order chi connectivity index (χ1) is 13.6. The molecule has 0 atom stereocenters. The van der Waals surface area contributed by atoms with Crippen LogP contribution in [0.1, 0.15) is 27.7 Å². The van der Waals surface area contributed by atoms with Gasteiger partial charge in [0.1, 0.15) is 11.4 Å². The lowest BCUT2D eigenvalue weighted by molar-refractivity contribution is 0.0192. The van der Waals surface area contributed by atoms with Crippen molar-refractivity contribution < 1.29 is 22.7 Å². The SMILES string of the molecule is CCOc1ccc(S(=O)(=O)N2CCN(C(=O)OC(C)(C)C)CC2)c2ccccc12. The van der Waals surface area contributed by atoms with Gasteiger partial charge in [-0.15, -0.1) is 0 Å².